The average molecular weight is 311 g/mol. The molecule has 0 radical (unpaired) electrons. The van der Waals surface area contributed by atoms with Crippen molar-refractivity contribution in [1.82, 2.24) is 5.32 Å². The number of rotatable bonds is 7. The van der Waals surface area contributed by atoms with Gasteiger partial charge in [0.05, 0.1) is 32.8 Å². The van der Waals surface area contributed by atoms with E-state index in [1.165, 1.54) is 34.3 Å². The predicted molar refractivity (Wildman–Crippen MR) is 79.8 cm³/mol. The van der Waals surface area contributed by atoms with Crippen molar-refractivity contribution >= 4 is 11.9 Å². The summed E-state index contributed by atoms with van der Waals surface area (Å²) in [5, 5.41) is 11.6. The summed E-state index contributed by atoms with van der Waals surface area (Å²) in [6.07, 6.45) is 0. The summed E-state index contributed by atoms with van der Waals surface area (Å²) < 4.78 is 15.5. The zero-order chi connectivity index (χ0) is 16.9. The number of aliphatic carboxylic acids is 1. The minimum Gasteiger partial charge on any atom is -0.496 e. The molecule has 7 nitrogen and oxygen atoms in total. The second-order valence-corrected chi connectivity index (χ2v) is 4.80. The van der Waals surface area contributed by atoms with Crippen LogP contribution in [0.3, 0.4) is 0 Å². The molecule has 0 heterocycles. The molecule has 1 aromatic rings. The Morgan fingerprint density at radius 1 is 1.00 bits per heavy atom. The number of hydrogen-bond acceptors (Lipinski definition) is 5. The lowest BCUT2D eigenvalue weighted by atomic mass is 10.0. The van der Waals surface area contributed by atoms with Gasteiger partial charge in [-0.05, 0) is 13.8 Å². The Hall–Kier alpha value is -2.44. The minimum absolute atomic E-state index is 0.240. The van der Waals surface area contributed by atoms with Gasteiger partial charge in [0.25, 0.3) is 5.91 Å². The van der Waals surface area contributed by atoms with Gasteiger partial charge in [-0.3, -0.25) is 9.59 Å². The number of carboxylic acid groups (broad SMARTS) is 1. The summed E-state index contributed by atoms with van der Waals surface area (Å²) in [5.74, 6) is -1.01. The topological polar surface area (TPSA) is 94.1 Å². The third kappa shape index (κ3) is 3.81. The van der Waals surface area contributed by atoms with E-state index in [-0.39, 0.29) is 5.56 Å². The van der Waals surface area contributed by atoms with Gasteiger partial charge in [0.15, 0.2) is 11.5 Å². The zero-order valence-electron chi connectivity index (χ0n) is 13.3. The van der Waals surface area contributed by atoms with E-state index >= 15 is 0 Å². The van der Waals surface area contributed by atoms with Gasteiger partial charge in [-0.1, -0.05) is 0 Å². The van der Waals surface area contributed by atoms with Gasteiger partial charge >= 0.3 is 5.97 Å². The van der Waals surface area contributed by atoms with Crippen LogP contribution < -0.4 is 19.5 Å². The first-order valence-corrected chi connectivity index (χ1v) is 6.69. The van der Waals surface area contributed by atoms with Gasteiger partial charge in [0.1, 0.15) is 5.75 Å². The maximum absolute atomic E-state index is 12.3. The van der Waals surface area contributed by atoms with E-state index in [2.05, 4.69) is 5.32 Å². The second-order valence-electron chi connectivity index (χ2n) is 4.80. The largest absolute Gasteiger partial charge is 0.496 e. The molecule has 2 unspecified atom stereocenters. The van der Waals surface area contributed by atoms with Crippen LogP contribution in [0.4, 0.5) is 0 Å². The number of amides is 1. The Bertz CT molecular complexity index is 557. The molecule has 0 saturated carbocycles. The van der Waals surface area contributed by atoms with Crippen molar-refractivity contribution in [3.05, 3.63) is 17.7 Å². The van der Waals surface area contributed by atoms with Gasteiger partial charge < -0.3 is 24.6 Å². The van der Waals surface area contributed by atoms with Crippen LogP contribution in [-0.4, -0.2) is 44.4 Å². The van der Waals surface area contributed by atoms with Crippen molar-refractivity contribution in [2.24, 2.45) is 5.92 Å². The van der Waals surface area contributed by atoms with Crippen molar-refractivity contribution in [1.29, 1.82) is 0 Å². The summed E-state index contributed by atoms with van der Waals surface area (Å²) in [4.78, 5) is 23.3. The first-order chi connectivity index (χ1) is 10.3. The molecule has 7 heteroatoms. The van der Waals surface area contributed by atoms with Crippen molar-refractivity contribution in [2.45, 2.75) is 19.9 Å². The predicted octanol–water partition coefficient (Wildman–Crippen LogP) is 1.55. The molecule has 122 valence electrons. The quantitative estimate of drug-likeness (QED) is 0.793. The average Bonchev–Trinajstić information content (AvgIpc) is 2.52. The number of hydrogen-bond donors (Lipinski definition) is 2. The highest BCUT2D eigenvalue weighted by molar-refractivity contribution is 5.98. The summed E-state index contributed by atoms with van der Waals surface area (Å²) in [5.41, 5.74) is 0.240. The molecule has 1 amide bonds. The maximum Gasteiger partial charge on any atom is 0.308 e. The minimum atomic E-state index is -0.980. The van der Waals surface area contributed by atoms with E-state index in [0.717, 1.165) is 0 Å². The van der Waals surface area contributed by atoms with Crippen LogP contribution in [0.25, 0.3) is 0 Å². The van der Waals surface area contributed by atoms with Crippen molar-refractivity contribution < 1.29 is 28.9 Å². The van der Waals surface area contributed by atoms with E-state index in [1.807, 2.05) is 0 Å². The Labute approximate surface area is 129 Å². The lowest BCUT2D eigenvalue weighted by molar-refractivity contribution is -0.141. The second kappa shape index (κ2) is 7.53. The molecule has 0 saturated heterocycles. The SMILES string of the molecule is COc1cc(OC)c(C(=O)NC(C)C(C)C(=O)O)cc1OC. The van der Waals surface area contributed by atoms with Crippen LogP contribution in [-0.2, 0) is 4.79 Å². The normalized spacial score (nSPS) is 13.0. The monoisotopic (exact) mass is 311 g/mol. The summed E-state index contributed by atoms with van der Waals surface area (Å²) in [7, 11) is 4.37. The lowest BCUT2D eigenvalue weighted by Crippen LogP contribution is -2.40. The Morgan fingerprint density at radius 3 is 1.95 bits per heavy atom. The lowest BCUT2D eigenvalue weighted by Gasteiger charge is -2.19. The molecule has 0 bridgehead atoms. The fraction of sp³-hybridized carbons (Fsp3) is 0.467. The number of carbonyl (C=O) groups excluding carboxylic acids is 1. The molecular weight excluding hydrogens is 290 g/mol. The first kappa shape index (κ1) is 17.6. The molecule has 1 aromatic carbocycles. The van der Waals surface area contributed by atoms with Crippen LogP contribution >= 0.6 is 0 Å². The van der Waals surface area contributed by atoms with Crippen LogP contribution in [0.5, 0.6) is 17.2 Å². The van der Waals surface area contributed by atoms with Gasteiger partial charge in [-0.15, -0.1) is 0 Å². The fourth-order valence-corrected chi connectivity index (χ4v) is 1.83. The van der Waals surface area contributed by atoms with Crippen LogP contribution in [0.2, 0.25) is 0 Å². The third-order valence-electron chi connectivity index (χ3n) is 3.45. The summed E-state index contributed by atoms with van der Waals surface area (Å²) >= 11 is 0. The van der Waals surface area contributed by atoms with E-state index in [1.54, 1.807) is 13.0 Å². The highest BCUT2D eigenvalue weighted by Gasteiger charge is 2.24. The molecule has 0 fully saturated rings. The van der Waals surface area contributed by atoms with Gasteiger partial charge in [0.2, 0.25) is 0 Å². The molecule has 0 aliphatic heterocycles. The molecule has 22 heavy (non-hydrogen) atoms. The third-order valence-corrected chi connectivity index (χ3v) is 3.45. The van der Waals surface area contributed by atoms with Crippen LogP contribution in [0.1, 0.15) is 24.2 Å². The standard InChI is InChI=1S/C15H21NO6/c1-8(15(18)19)9(2)16-14(17)10-6-12(21-4)13(22-5)7-11(10)20-3/h6-9H,1-5H3,(H,16,17)(H,18,19). The Kier molecular flexibility index (Phi) is 6.03. The molecule has 0 aliphatic rings. The summed E-state index contributed by atoms with van der Waals surface area (Å²) in [6.45, 7) is 3.16. The van der Waals surface area contributed by atoms with Gasteiger partial charge in [0, 0.05) is 18.2 Å². The van der Waals surface area contributed by atoms with E-state index in [0.29, 0.717) is 17.2 Å². The maximum atomic E-state index is 12.3. The molecular formula is C15H21NO6. The number of ether oxygens (including phenoxy) is 3. The van der Waals surface area contributed by atoms with Gasteiger partial charge in [-0.25, -0.2) is 0 Å². The molecule has 2 N–H and O–H groups in total. The number of carbonyl (C=O) groups is 2. The Morgan fingerprint density at radius 2 is 1.50 bits per heavy atom. The first-order valence-electron chi connectivity index (χ1n) is 6.69. The number of benzene rings is 1. The van der Waals surface area contributed by atoms with Gasteiger partial charge in [-0.2, -0.15) is 0 Å². The van der Waals surface area contributed by atoms with Crippen LogP contribution in [0.15, 0.2) is 12.1 Å². The molecule has 0 spiro atoms. The van der Waals surface area contributed by atoms with E-state index in [4.69, 9.17) is 19.3 Å². The summed E-state index contributed by atoms with van der Waals surface area (Å²) in [6, 6.07) is 2.49. The van der Waals surface area contributed by atoms with Crippen LogP contribution in [0, 0.1) is 5.92 Å². The Balaban J connectivity index is 3.09. The highest BCUT2D eigenvalue weighted by atomic mass is 16.5. The zero-order valence-corrected chi connectivity index (χ0v) is 13.3. The number of carboxylic acids is 1. The number of methoxy groups -OCH3 is 3. The van der Waals surface area contributed by atoms with E-state index in [9.17, 15) is 9.59 Å². The highest BCUT2D eigenvalue weighted by Crippen LogP contribution is 2.34. The fourth-order valence-electron chi connectivity index (χ4n) is 1.83. The smallest absolute Gasteiger partial charge is 0.308 e. The van der Waals surface area contributed by atoms with Crippen molar-refractivity contribution in [2.75, 3.05) is 21.3 Å². The molecule has 0 aromatic heterocycles. The van der Waals surface area contributed by atoms with E-state index < -0.39 is 23.8 Å². The molecule has 0 aliphatic carbocycles. The number of nitrogens with one attached hydrogen (secondary N) is 1. The van der Waals surface area contributed by atoms with Crippen molar-refractivity contribution in [3.8, 4) is 17.2 Å². The molecule has 2 atom stereocenters. The molecule has 1 rings (SSSR count). The van der Waals surface area contributed by atoms with Crippen molar-refractivity contribution in [3.63, 3.8) is 0 Å².